The second kappa shape index (κ2) is 9.92. The standard InChI is InChI=1S/C24H20N6O6/c1-13(31)14-2-4-15(5-3-14)22(32)21(29(25)24(34)16-8-10-26-11-9-16)20-23(33)28-19-12-17(30(35)36)6-7-18(19)27-20/h2-13,22,31-32H,25H2,1H3. The molecule has 0 saturated heterocycles. The maximum Gasteiger partial charge on any atom is 0.298 e. The Morgan fingerprint density at radius 1 is 1.00 bits per heavy atom. The van der Waals surface area contributed by atoms with Crippen molar-refractivity contribution in [1.29, 1.82) is 0 Å². The zero-order valence-electron chi connectivity index (χ0n) is 18.8. The number of nitrogens with two attached hydrogens (primary N) is 1. The van der Waals surface area contributed by atoms with Crippen LogP contribution in [0.4, 0.5) is 5.69 Å². The molecule has 0 saturated carbocycles. The lowest BCUT2D eigenvalue weighted by Gasteiger charge is -2.26. The summed E-state index contributed by atoms with van der Waals surface area (Å²) in [6, 6.07) is 12.6. The average molecular weight is 488 g/mol. The molecule has 1 aliphatic rings. The summed E-state index contributed by atoms with van der Waals surface area (Å²) in [4.78, 5) is 48.5. The number of aliphatic hydroxyl groups excluding tert-OH is 2. The molecule has 0 aliphatic carbocycles. The topological polar surface area (TPSA) is 185 Å². The fourth-order valence-corrected chi connectivity index (χ4v) is 3.54. The number of aliphatic hydroxyl groups is 2. The van der Waals surface area contributed by atoms with Gasteiger partial charge in [0.1, 0.15) is 11.8 Å². The number of benzene rings is 2. The molecule has 12 heteroatoms. The number of fused-ring (bicyclic) bond motifs is 1. The summed E-state index contributed by atoms with van der Waals surface area (Å²) in [7, 11) is 0. The van der Waals surface area contributed by atoms with E-state index in [1.807, 2.05) is 0 Å². The molecule has 1 aliphatic heterocycles. The maximum absolute atomic E-state index is 13.1. The monoisotopic (exact) mass is 488 g/mol. The minimum Gasteiger partial charge on any atom is -0.389 e. The SMILES string of the molecule is CC(O)c1ccc(C(O)C(=C2N=c3ccc([N+](=O)[O-])cc3=NC2=O)N(N)C(=O)c2ccncc2)cc1. The van der Waals surface area contributed by atoms with E-state index in [2.05, 4.69) is 15.0 Å². The van der Waals surface area contributed by atoms with Gasteiger partial charge in [-0.1, -0.05) is 24.3 Å². The number of non-ortho nitro benzene ring substituents is 1. The first kappa shape index (κ1) is 24.5. The number of rotatable bonds is 6. The van der Waals surface area contributed by atoms with E-state index in [0.717, 1.165) is 6.07 Å². The van der Waals surface area contributed by atoms with Gasteiger partial charge >= 0.3 is 0 Å². The Hall–Kier alpha value is -4.65. The Morgan fingerprint density at radius 2 is 1.64 bits per heavy atom. The summed E-state index contributed by atoms with van der Waals surface area (Å²) in [6.07, 6.45) is 0.422. The number of carbonyl (C=O) groups excluding carboxylic acids is 2. The molecule has 0 spiro atoms. The molecule has 2 amide bonds. The zero-order valence-corrected chi connectivity index (χ0v) is 18.8. The van der Waals surface area contributed by atoms with Gasteiger partial charge in [-0.3, -0.25) is 24.7 Å². The van der Waals surface area contributed by atoms with Crippen molar-refractivity contribution in [3.63, 3.8) is 0 Å². The molecular formula is C24H20N6O6. The molecule has 12 nitrogen and oxygen atoms in total. The van der Waals surface area contributed by atoms with Gasteiger partial charge in [-0.15, -0.1) is 0 Å². The predicted molar refractivity (Wildman–Crippen MR) is 124 cm³/mol. The Bertz CT molecular complexity index is 1500. The Balaban J connectivity index is 1.89. The average Bonchev–Trinajstić information content (AvgIpc) is 2.88. The molecule has 2 atom stereocenters. The second-order valence-corrected chi connectivity index (χ2v) is 7.85. The minimum atomic E-state index is -1.60. The van der Waals surface area contributed by atoms with Crippen LogP contribution in [0.3, 0.4) is 0 Å². The zero-order chi connectivity index (χ0) is 26.0. The van der Waals surface area contributed by atoms with Gasteiger partial charge in [-0.25, -0.2) is 20.8 Å². The van der Waals surface area contributed by atoms with Crippen molar-refractivity contribution in [2.75, 3.05) is 0 Å². The Morgan fingerprint density at radius 3 is 2.25 bits per heavy atom. The first-order valence-corrected chi connectivity index (χ1v) is 10.6. The van der Waals surface area contributed by atoms with E-state index in [-0.39, 0.29) is 33.2 Å². The quantitative estimate of drug-likeness (QED) is 0.149. The van der Waals surface area contributed by atoms with Gasteiger partial charge in [-0.05, 0) is 36.2 Å². The summed E-state index contributed by atoms with van der Waals surface area (Å²) in [6.45, 7) is 1.58. The summed E-state index contributed by atoms with van der Waals surface area (Å²) in [5.41, 5.74) is -0.0511. The van der Waals surface area contributed by atoms with Crippen LogP contribution < -0.4 is 16.6 Å². The van der Waals surface area contributed by atoms with Gasteiger partial charge in [-0.2, -0.15) is 0 Å². The molecule has 0 radical (unpaired) electrons. The maximum atomic E-state index is 13.1. The highest BCUT2D eigenvalue weighted by atomic mass is 16.6. The van der Waals surface area contributed by atoms with Gasteiger partial charge in [0.25, 0.3) is 17.5 Å². The molecule has 2 aromatic carbocycles. The number of hydrogen-bond acceptors (Lipinski definition) is 9. The highest BCUT2D eigenvalue weighted by molar-refractivity contribution is 5.99. The van der Waals surface area contributed by atoms with Gasteiger partial charge in [0.2, 0.25) is 0 Å². The third-order valence-electron chi connectivity index (χ3n) is 5.47. The Kier molecular flexibility index (Phi) is 6.74. The number of pyridine rings is 1. The first-order chi connectivity index (χ1) is 17.2. The van der Waals surface area contributed by atoms with E-state index in [1.54, 1.807) is 19.1 Å². The molecule has 2 unspecified atom stereocenters. The van der Waals surface area contributed by atoms with Gasteiger partial charge < -0.3 is 10.2 Å². The van der Waals surface area contributed by atoms with Crippen LogP contribution in [-0.4, -0.2) is 36.9 Å². The largest absolute Gasteiger partial charge is 0.389 e. The fraction of sp³-hybridized carbons (Fsp3) is 0.125. The van der Waals surface area contributed by atoms with Crippen molar-refractivity contribution in [2.45, 2.75) is 19.1 Å². The second-order valence-electron chi connectivity index (χ2n) is 7.85. The van der Waals surface area contributed by atoms with Crippen molar-refractivity contribution in [1.82, 2.24) is 9.99 Å². The van der Waals surface area contributed by atoms with Crippen LogP contribution in [0, 0.1) is 10.1 Å². The number of amides is 2. The van der Waals surface area contributed by atoms with Crippen LogP contribution >= 0.6 is 0 Å². The summed E-state index contributed by atoms with van der Waals surface area (Å²) in [5, 5.41) is 32.8. The van der Waals surface area contributed by atoms with Gasteiger partial charge in [0.05, 0.1) is 21.7 Å². The number of nitro groups is 1. The van der Waals surface area contributed by atoms with Crippen molar-refractivity contribution in [3.05, 3.63) is 116 Å². The van der Waals surface area contributed by atoms with E-state index >= 15 is 0 Å². The number of hydrogen-bond donors (Lipinski definition) is 3. The van der Waals surface area contributed by atoms with E-state index < -0.39 is 34.6 Å². The third kappa shape index (κ3) is 4.77. The number of hydrazine groups is 1. The van der Waals surface area contributed by atoms with Crippen LogP contribution in [0.5, 0.6) is 0 Å². The van der Waals surface area contributed by atoms with E-state index in [0.29, 0.717) is 10.6 Å². The third-order valence-corrected chi connectivity index (χ3v) is 5.47. The number of carbonyl (C=O) groups is 2. The van der Waals surface area contributed by atoms with Crippen LogP contribution in [0.2, 0.25) is 0 Å². The lowest BCUT2D eigenvalue weighted by Crippen LogP contribution is -2.41. The summed E-state index contributed by atoms with van der Waals surface area (Å²) in [5.74, 6) is 4.45. The molecule has 0 fully saturated rings. The van der Waals surface area contributed by atoms with Gasteiger partial charge in [0, 0.05) is 30.1 Å². The number of nitro benzene ring substituents is 1. The fourth-order valence-electron chi connectivity index (χ4n) is 3.54. The summed E-state index contributed by atoms with van der Waals surface area (Å²) < 4.78 is 0. The first-order valence-electron chi connectivity index (χ1n) is 10.6. The number of aromatic nitrogens is 1. The van der Waals surface area contributed by atoms with E-state index in [9.17, 15) is 29.9 Å². The smallest absolute Gasteiger partial charge is 0.298 e. The highest BCUT2D eigenvalue weighted by Crippen LogP contribution is 2.29. The van der Waals surface area contributed by atoms with Crippen molar-refractivity contribution < 1.29 is 24.7 Å². The molecule has 2 heterocycles. The molecule has 3 aromatic rings. The summed E-state index contributed by atoms with van der Waals surface area (Å²) >= 11 is 0. The van der Waals surface area contributed by atoms with Crippen LogP contribution in [-0.2, 0) is 4.79 Å². The molecule has 1 aromatic heterocycles. The predicted octanol–water partition coefficient (Wildman–Crippen LogP) is 0.784. The van der Waals surface area contributed by atoms with Crippen LogP contribution in [0.15, 0.2) is 88.4 Å². The molecule has 0 bridgehead atoms. The van der Waals surface area contributed by atoms with Crippen molar-refractivity contribution in [3.8, 4) is 0 Å². The van der Waals surface area contributed by atoms with Crippen LogP contribution in [0.25, 0.3) is 0 Å². The van der Waals surface area contributed by atoms with E-state index in [1.165, 1.54) is 48.8 Å². The lowest BCUT2D eigenvalue weighted by molar-refractivity contribution is -0.385. The normalized spacial score (nSPS) is 15.6. The molecule has 4 N–H and O–H groups in total. The highest BCUT2D eigenvalue weighted by Gasteiger charge is 2.31. The van der Waals surface area contributed by atoms with E-state index in [4.69, 9.17) is 5.84 Å². The van der Waals surface area contributed by atoms with Crippen LogP contribution in [0.1, 0.15) is 40.6 Å². The number of nitrogens with zero attached hydrogens (tertiary/aromatic N) is 5. The lowest BCUT2D eigenvalue weighted by atomic mass is 10.0. The minimum absolute atomic E-state index is 0.0305. The molecular weight excluding hydrogens is 468 g/mol. The molecule has 4 rings (SSSR count). The van der Waals surface area contributed by atoms with Gasteiger partial charge in [0.15, 0.2) is 5.70 Å². The Labute approximate surface area is 203 Å². The van der Waals surface area contributed by atoms with Crippen molar-refractivity contribution in [2.24, 2.45) is 15.8 Å². The molecule has 36 heavy (non-hydrogen) atoms. The van der Waals surface area contributed by atoms with Crippen molar-refractivity contribution >= 4 is 17.5 Å². The molecule has 182 valence electrons.